The molecule has 4 rings (SSSR count). The number of methoxy groups -OCH3 is 1. The van der Waals surface area contributed by atoms with E-state index in [9.17, 15) is 8.78 Å². The minimum absolute atomic E-state index is 0.0305. The predicted octanol–water partition coefficient (Wildman–Crippen LogP) is 5.25. The van der Waals surface area contributed by atoms with Crippen LogP contribution >= 0.6 is 0 Å². The van der Waals surface area contributed by atoms with Crippen LogP contribution in [-0.4, -0.2) is 28.0 Å². The molecule has 0 aliphatic heterocycles. The molecular weight excluding hydrogens is 380 g/mol. The number of hydrogen-bond donors (Lipinski definition) is 1. The number of hydrogen-bond acceptors (Lipinski definition) is 5. The topological polar surface area (TPSA) is 73.2 Å². The molecule has 154 valence electrons. The lowest BCUT2D eigenvalue weighted by atomic mass is 9.86. The number of nitrogens with zero attached hydrogens (tertiary/aromatic N) is 2. The Kier molecular flexibility index (Phi) is 5.25. The number of ether oxygens (including phenoxy) is 2. The molecule has 8 heteroatoms. The largest absolute Gasteiger partial charge is 0.496 e. The fourth-order valence-corrected chi connectivity index (χ4v) is 3.61. The first-order chi connectivity index (χ1) is 13.9. The average molecular weight is 403 g/mol. The maximum atomic E-state index is 13.4. The molecule has 3 aromatic rings. The van der Waals surface area contributed by atoms with E-state index in [0.29, 0.717) is 42.5 Å². The second-order valence-electron chi connectivity index (χ2n) is 7.32. The van der Waals surface area contributed by atoms with Crippen LogP contribution in [0.1, 0.15) is 49.0 Å². The van der Waals surface area contributed by atoms with Crippen LogP contribution in [0.2, 0.25) is 0 Å². The van der Waals surface area contributed by atoms with Crippen LogP contribution in [0, 0.1) is 6.92 Å². The zero-order chi connectivity index (χ0) is 20.4. The van der Waals surface area contributed by atoms with Gasteiger partial charge in [0.1, 0.15) is 35.9 Å². The molecule has 2 aromatic heterocycles. The number of H-pyrrole nitrogens is 1. The third kappa shape index (κ3) is 4.41. The van der Waals surface area contributed by atoms with E-state index in [0.717, 1.165) is 17.1 Å². The van der Waals surface area contributed by atoms with Crippen molar-refractivity contribution < 1.29 is 22.7 Å². The van der Waals surface area contributed by atoms with Crippen molar-refractivity contribution >= 4 is 0 Å². The molecule has 0 spiro atoms. The van der Waals surface area contributed by atoms with Crippen molar-refractivity contribution in [1.29, 1.82) is 0 Å². The van der Waals surface area contributed by atoms with Crippen LogP contribution in [0.25, 0.3) is 11.3 Å². The summed E-state index contributed by atoms with van der Waals surface area (Å²) >= 11 is 0. The van der Waals surface area contributed by atoms with E-state index >= 15 is 0 Å². The zero-order valence-corrected chi connectivity index (χ0v) is 16.4. The van der Waals surface area contributed by atoms with Gasteiger partial charge in [-0.05, 0) is 25.0 Å². The van der Waals surface area contributed by atoms with Crippen molar-refractivity contribution in [2.24, 2.45) is 0 Å². The summed E-state index contributed by atoms with van der Waals surface area (Å²) in [5.74, 6) is 0.0930. The molecule has 0 radical (unpaired) electrons. The molecule has 0 atom stereocenters. The summed E-state index contributed by atoms with van der Waals surface area (Å²) in [6.07, 6.45) is 3.98. The maximum Gasteiger partial charge on any atom is 0.248 e. The summed E-state index contributed by atoms with van der Waals surface area (Å²) in [4.78, 5) is 11.9. The number of halogens is 2. The van der Waals surface area contributed by atoms with Gasteiger partial charge in [-0.1, -0.05) is 0 Å². The third-order valence-electron chi connectivity index (χ3n) is 5.22. The predicted molar refractivity (Wildman–Crippen MR) is 102 cm³/mol. The Morgan fingerprint density at radius 3 is 2.76 bits per heavy atom. The Labute approximate surface area is 167 Å². The molecule has 0 unspecified atom stereocenters. The van der Waals surface area contributed by atoms with E-state index in [2.05, 4.69) is 15.0 Å². The van der Waals surface area contributed by atoms with Gasteiger partial charge in [0, 0.05) is 37.3 Å². The highest BCUT2D eigenvalue weighted by Gasteiger charge is 2.36. The van der Waals surface area contributed by atoms with Gasteiger partial charge in [-0.25, -0.2) is 18.7 Å². The quantitative estimate of drug-likeness (QED) is 0.608. The van der Waals surface area contributed by atoms with Crippen molar-refractivity contribution in [3.05, 3.63) is 48.1 Å². The lowest BCUT2D eigenvalue weighted by Crippen LogP contribution is -2.24. The molecule has 1 aromatic carbocycles. The van der Waals surface area contributed by atoms with E-state index < -0.39 is 5.92 Å². The molecule has 1 saturated carbocycles. The second-order valence-corrected chi connectivity index (χ2v) is 7.32. The minimum atomic E-state index is -2.55. The van der Waals surface area contributed by atoms with Gasteiger partial charge in [0.25, 0.3) is 0 Å². The highest BCUT2D eigenvalue weighted by Crippen LogP contribution is 2.41. The molecule has 1 N–H and O–H groups in total. The number of alkyl halides is 2. The normalized spacial score (nSPS) is 16.7. The van der Waals surface area contributed by atoms with Crippen LogP contribution in [-0.2, 0) is 6.61 Å². The number of oxazole rings is 1. The molecule has 0 bridgehead atoms. The van der Waals surface area contributed by atoms with Crippen LogP contribution < -0.4 is 9.47 Å². The van der Waals surface area contributed by atoms with Crippen LogP contribution in [0.5, 0.6) is 11.5 Å². The van der Waals surface area contributed by atoms with Gasteiger partial charge in [0.2, 0.25) is 5.92 Å². The first-order valence-electron chi connectivity index (χ1n) is 9.58. The van der Waals surface area contributed by atoms with Crippen molar-refractivity contribution in [3.63, 3.8) is 0 Å². The van der Waals surface area contributed by atoms with Crippen molar-refractivity contribution in [2.75, 3.05) is 7.11 Å². The van der Waals surface area contributed by atoms with E-state index in [1.807, 2.05) is 12.1 Å². The number of benzene rings is 1. The number of nitrogens with one attached hydrogen (secondary N) is 1. The molecule has 0 amide bonds. The first kappa shape index (κ1) is 19.4. The van der Waals surface area contributed by atoms with Crippen molar-refractivity contribution in [1.82, 2.24) is 15.0 Å². The average Bonchev–Trinajstić information content (AvgIpc) is 3.35. The Morgan fingerprint density at radius 2 is 2.07 bits per heavy atom. The molecule has 6 nitrogen and oxygen atoms in total. The Morgan fingerprint density at radius 1 is 1.28 bits per heavy atom. The van der Waals surface area contributed by atoms with Gasteiger partial charge in [0.15, 0.2) is 5.89 Å². The number of aryl methyl sites for hydroxylation is 1. The molecule has 1 fully saturated rings. The second kappa shape index (κ2) is 7.85. The van der Waals surface area contributed by atoms with Crippen molar-refractivity contribution in [3.8, 4) is 22.8 Å². The summed E-state index contributed by atoms with van der Waals surface area (Å²) in [7, 11) is 1.59. The number of rotatable bonds is 6. The summed E-state index contributed by atoms with van der Waals surface area (Å²) in [6.45, 7) is 2.07. The van der Waals surface area contributed by atoms with Crippen LogP contribution in [0.3, 0.4) is 0 Å². The van der Waals surface area contributed by atoms with E-state index in [-0.39, 0.29) is 18.8 Å². The number of aromatic amines is 1. The Balaban J connectivity index is 1.47. The lowest BCUT2D eigenvalue weighted by molar-refractivity contribution is -0.0387. The fraction of sp³-hybridized carbons (Fsp3) is 0.429. The van der Waals surface area contributed by atoms with Crippen LogP contribution in [0.4, 0.5) is 8.78 Å². The molecule has 29 heavy (non-hydrogen) atoms. The number of aromatic nitrogens is 3. The van der Waals surface area contributed by atoms with Gasteiger partial charge in [-0.3, -0.25) is 0 Å². The highest BCUT2D eigenvalue weighted by molar-refractivity contribution is 5.68. The smallest absolute Gasteiger partial charge is 0.248 e. The van der Waals surface area contributed by atoms with E-state index in [1.165, 1.54) is 0 Å². The summed E-state index contributed by atoms with van der Waals surface area (Å²) < 4.78 is 43.3. The SMILES string of the molecule is COc1cc(OCc2coc(C)n2)ccc1-c1cnc(C2CCC(F)(F)CC2)[nH]1. The fourth-order valence-electron chi connectivity index (χ4n) is 3.61. The van der Waals surface area contributed by atoms with Crippen molar-refractivity contribution in [2.45, 2.75) is 51.1 Å². The van der Waals surface area contributed by atoms with Gasteiger partial charge >= 0.3 is 0 Å². The van der Waals surface area contributed by atoms with Gasteiger partial charge < -0.3 is 18.9 Å². The molecular formula is C21H23F2N3O3. The van der Waals surface area contributed by atoms with Gasteiger partial charge in [-0.2, -0.15) is 0 Å². The Bertz CT molecular complexity index is 973. The Hall–Kier alpha value is -2.90. The maximum absolute atomic E-state index is 13.4. The lowest BCUT2D eigenvalue weighted by Gasteiger charge is -2.26. The molecule has 0 saturated heterocycles. The first-order valence-corrected chi connectivity index (χ1v) is 9.58. The molecule has 1 aliphatic rings. The highest BCUT2D eigenvalue weighted by atomic mass is 19.3. The number of imidazole rings is 1. The molecule has 1 aliphatic carbocycles. The summed E-state index contributed by atoms with van der Waals surface area (Å²) in [6, 6.07) is 5.52. The monoisotopic (exact) mass is 403 g/mol. The standard InChI is InChI=1S/C21H23F2N3O3/c1-13-25-15(11-28-13)12-29-16-3-4-17(19(9-16)27-2)18-10-24-20(26-18)14-5-7-21(22,23)8-6-14/h3-4,9-11,14H,5-8,12H2,1-2H3,(H,24,26). The third-order valence-corrected chi connectivity index (χ3v) is 5.22. The van der Waals surface area contributed by atoms with E-state index in [1.54, 1.807) is 32.6 Å². The molecule has 2 heterocycles. The summed E-state index contributed by atoms with van der Waals surface area (Å²) in [5, 5.41) is 0. The van der Waals surface area contributed by atoms with E-state index in [4.69, 9.17) is 13.9 Å². The van der Waals surface area contributed by atoms with Gasteiger partial charge in [-0.15, -0.1) is 0 Å². The minimum Gasteiger partial charge on any atom is -0.496 e. The summed E-state index contributed by atoms with van der Waals surface area (Å²) in [5.41, 5.74) is 2.33. The van der Waals surface area contributed by atoms with Crippen LogP contribution in [0.15, 0.2) is 35.1 Å². The van der Waals surface area contributed by atoms with Gasteiger partial charge in [0.05, 0.1) is 19.0 Å². The zero-order valence-electron chi connectivity index (χ0n) is 16.4.